The molecule has 0 aliphatic carbocycles. The summed E-state index contributed by atoms with van der Waals surface area (Å²) in [6.07, 6.45) is 0. The zero-order chi connectivity index (χ0) is 23.5. The average Bonchev–Trinajstić information content (AvgIpc) is 3.13. The van der Waals surface area contributed by atoms with Crippen molar-refractivity contribution in [2.75, 3.05) is 52.2 Å². The minimum Gasteiger partial charge on any atom is -0.494 e. The van der Waals surface area contributed by atoms with Crippen molar-refractivity contribution >= 4 is 11.7 Å². The molecule has 4 rings (SSSR count). The van der Waals surface area contributed by atoms with Crippen LogP contribution in [0, 0.1) is 19.7 Å². The summed E-state index contributed by atoms with van der Waals surface area (Å²) in [5.41, 5.74) is 2.18. The van der Waals surface area contributed by atoms with Gasteiger partial charge in [0.2, 0.25) is 5.91 Å². The van der Waals surface area contributed by atoms with Gasteiger partial charge in [-0.15, -0.1) is 0 Å². The number of nitrogens with zero attached hydrogens (tertiary/aromatic N) is 6. The molecule has 1 amide bonds. The Morgan fingerprint density at radius 2 is 1.88 bits per heavy atom. The summed E-state index contributed by atoms with van der Waals surface area (Å²) >= 11 is 0. The van der Waals surface area contributed by atoms with Gasteiger partial charge in [0.15, 0.2) is 23.2 Å². The number of aromatic nitrogens is 4. The maximum absolute atomic E-state index is 14.3. The van der Waals surface area contributed by atoms with E-state index in [2.05, 4.69) is 37.2 Å². The maximum Gasteiger partial charge on any atom is 0.239 e. The number of halogens is 1. The average molecular weight is 454 g/mol. The van der Waals surface area contributed by atoms with E-state index in [1.165, 1.54) is 19.2 Å². The molecule has 0 bridgehead atoms. The van der Waals surface area contributed by atoms with Gasteiger partial charge in [0.1, 0.15) is 5.82 Å². The Kier molecular flexibility index (Phi) is 6.66. The summed E-state index contributed by atoms with van der Waals surface area (Å²) in [5.74, 6) is 0.542. The first-order valence-electron chi connectivity index (χ1n) is 10.8. The number of carbonyl (C=O) groups excluding carboxylic acids is 1. The second-order valence-electron chi connectivity index (χ2n) is 8.25. The smallest absolute Gasteiger partial charge is 0.239 e. The van der Waals surface area contributed by atoms with Gasteiger partial charge in [-0.2, -0.15) is 5.10 Å². The Bertz CT molecular complexity index is 1160. The van der Waals surface area contributed by atoms with E-state index in [4.69, 9.17) is 4.74 Å². The van der Waals surface area contributed by atoms with Gasteiger partial charge in [0.25, 0.3) is 0 Å². The van der Waals surface area contributed by atoms with Crippen molar-refractivity contribution in [2.45, 2.75) is 13.8 Å². The second-order valence-corrected chi connectivity index (χ2v) is 8.25. The van der Waals surface area contributed by atoms with Crippen molar-refractivity contribution in [3.8, 4) is 23.0 Å². The first-order chi connectivity index (χ1) is 15.8. The first-order valence-corrected chi connectivity index (χ1v) is 10.8. The minimum atomic E-state index is -0.518. The highest BCUT2D eigenvalue weighted by atomic mass is 19.1. The van der Waals surface area contributed by atoms with Crippen LogP contribution < -0.4 is 10.1 Å². The van der Waals surface area contributed by atoms with Gasteiger partial charge >= 0.3 is 0 Å². The number of aryl methyl sites for hydroxylation is 2. The maximum atomic E-state index is 14.3. The second kappa shape index (κ2) is 9.63. The predicted octanol–water partition coefficient (Wildman–Crippen LogP) is 2.28. The van der Waals surface area contributed by atoms with E-state index < -0.39 is 5.82 Å². The molecule has 33 heavy (non-hydrogen) atoms. The van der Waals surface area contributed by atoms with Gasteiger partial charge < -0.3 is 15.0 Å². The van der Waals surface area contributed by atoms with Crippen molar-refractivity contribution in [2.24, 2.45) is 0 Å². The zero-order valence-corrected chi connectivity index (χ0v) is 19.3. The molecule has 1 aliphatic rings. The van der Waals surface area contributed by atoms with E-state index in [0.717, 1.165) is 37.6 Å². The molecule has 2 aromatic heterocycles. The molecule has 174 valence electrons. The molecule has 0 atom stereocenters. The number of piperazine rings is 1. The van der Waals surface area contributed by atoms with Crippen LogP contribution in [0.1, 0.15) is 11.4 Å². The lowest BCUT2D eigenvalue weighted by atomic mass is 10.2. The molecule has 0 radical (unpaired) electrons. The van der Waals surface area contributed by atoms with Gasteiger partial charge in [-0.25, -0.2) is 19.0 Å². The number of amides is 1. The van der Waals surface area contributed by atoms with E-state index in [-0.39, 0.29) is 24.0 Å². The summed E-state index contributed by atoms with van der Waals surface area (Å²) in [6.45, 7) is 7.61. The molecule has 1 aromatic carbocycles. The SMILES string of the molecule is COc1ccc(-c2nc(NC(=O)CN3CCN(C)CC3)cc(-n3nc(C)cc3C)n2)cc1F. The number of hydrogen-bond donors (Lipinski definition) is 1. The number of hydrogen-bond acceptors (Lipinski definition) is 7. The number of ether oxygens (including phenoxy) is 1. The summed E-state index contributed by atoms with van der Waals surface area (Å²) in [7, 11) is 3.48. The summed E-state index contributed by atoms with van der Waals surface area (Å²) < 4.78 is 21.0. The van der Waals surface area contributed by atoms with Gasteiger partial charge in [-0.05, 0) is 45.2 Å². The van der Waals surface area contributed by atoms with Crippen LogP contribution in [0.15, 0.2) is 30.3 Å². The molecule has 10 heteroatoms. The molecule has 1 saturated heterocycles. The summed E-state index contributed by atoms with van der Waals surface area (Å²) in [6, 6.07) is 8.12. The third kappa shape index (κ3) is 5.35. The molecule has 0 spiro atoms. The van der Waals surface area contributed by atoms with Crippen LogP contribution in [0.5, 0.6) is 5.75 Å². The Balaban J connectivity index is 1.65. The number of likely N-dealkylation sites (N-methyl/N-ethyl adjacent to an activating group) is 1. The van der Waals surface area contributed by atoms with Gasteiger partial charge in [0, 0.05) is 43.5 Å². The van der Waals surface area contributed by atoms with E-state index in [0.29, 0.717) is 17.2 Å². The molecule has 3 aromatic rings. The fourth-order valence-corrected chi connectivity index (χ4v) is 3.79. The third-order valence-corrected chi connectivity index (χ3v) is 5.58. The van der Waals surface area contributed by atoms with Crippen LogP contribution in [0.25, 0.3) is 17.2 Å². The Morgan fingerprint density at radius 1 is 1.12 bits per heavy atom. The quantitative estimate of drug-likeness (QED) is 0.613. The van der Waals surface area contributed by atoms with E-state index in [1.54, 1.807) is 16.8 Å². The van der Waals surface area contributed by atoms with Gasteiger partial charge in [-0.1, -0.05) is 0 Å². The molecule has 0 saturated carbocycles. The highest BCUT2D eigenvalue weighted by Gasteiger charge is 2.18. The lowest BCUT2D eigenvalue weighted by molar-refractivity contribution is -0.117. The Labute approximate surface area is 192 Å². The molecule has 1 aliphatic heterocycles. The normalized spacial score (nSPS) is 14.9. The number of benzene rings is 1. The Hall–Kier alpha value is -3.37. The van der Waals surface area contributed by atoms with Crippen LogP contribution in [-0.4, -0.2) is 82.3 Å². The van der Waals surface area contributed by atoms with Gasteiger partial charge in [-0.3, -0.25) is 9.69 Å². The zero-order valence-electron chi connectivity index (χ0n) is 19.3. The predicted molar refractivity (Wildman–Crippen MR) is 123 cm³/mol. The molecule has 1 N–H and O–H groups in total. The molecular formula is C23H28FN7O2. The number of methoxy groups -OCH3 is 1. The van der Waals surface area contributed by atoms with Crippen LogP contribution in [0.3, 0.4) is 0 Å². The Morgan fingerprint density at radius 3 is 2.52 bits per heavy atom. The number of carbonyl (C=O) groups is 1. The van der Waals surface area contributed by atoms with Gasteiger partial charge in [0.05, 0.1) is 19.3 Å². The largest absolute Gasteiger partial charge is 0.494 e. The number of nitrogens with one attached hydrogen (secondary N) is 1. The van der Waals surface area contributed by atoms with Crippen molar-refractivity contribution in [1.82, 2.24) is 29.5 Å². The first kappa shape index (κ1) is 22.8. The minimum absolute atomic E-state index is 0.133. The standard InChI is InChI=1S/C23H28FN7O2/c1-15-11-16(2)31(28-15)21-13-20(25-22(32)14-30-9-7-29(3)8-10-30)26-23(27-21)17-5-6-19(33-4)18(24)12-17/h5-6,11-13H,7-10,14H2,1-4H3,(H,25,26,27,32). The van der Waals surface area contributed by atoms with Crippen molar-refractivity contribution in [3.63, 3.8) is 0 Å². The molecule has 1 fully saturated rings. The topological polar surface area (TPSA) is 88.4 Å². The lowest BCUT2D eigenvalue weighted by Crippen LogP contribution is -2.47. The fourth-order valence-electron chi connectivity index (χ4n) is 3.79. The highest BCUT2D eigenvalue weighted by molar-refractivity contribution is 5.91. The number of anilines is 1. The highest BCUT2D eigenvalue weighted by Crippen LogP contribution is 2.25. The van der Waals surface area contributed by atoms with Crippen molar-refractivity contribution < 1.29 is 13.9 Å². The van der Waals surface area contributed by atoms with Crippen LogP contribution in [-0.2, 0) is 4.79 Å². The van der Waals surface area contributed by atoms with Crippen LogP contribution in [0.2, 0.25) is 0 Å². The van der Waals surface area contributed by atoms with E-state index >= 15 is 0 Å². The van der Waals surface area contributed by atoms with E-state index in [9.17, 15) is 9.18 Å². The molecule has 9 nitrogen and oxygen atoms in total. The summed E-state index contributed by atoms with van der Waals surface area (Å²) in [5, 5.41) is 7.37. The van der Waals surface area contributed by atoms with E-state index in [1.807, 2.05) is 19.9 Å². The van der Waals surface area contributed by atoms with Crippen LogP contribution in [0.4, 0.5) is 10.2 Å². The monoisotopic (exact) mass is 453 g/mol. The molecule has 3 heterocycles. The summed E-state index contributed by atoms with van der Waals surface area (Å²) in [4.78, 5) is 26.2. The molecule has 0 unspecified atom stereocenters. The number of rotatable bonds is 6. The fraction of sp³-hybridized carbons (Fsp3) is 0.391. The van der Waals surface area contributed by atoms with Crippen LogP contribution >= 0.6 is 0 Å². The lowest BCUT2D eigenvalue weighted by Gasteiger charge is -2.31. The van der Waals surface area contributed by atoms with Crippen molar-refractivity contribution in [1.29, 1.82) is 0 Å². The van der Waals surface area contributed by atoms with Crippen molar-refractivity contribution in [3.05, 3.63) is 47.5 Å². The third-order valence-electron chi connectivity index (χ3n) is 5.58. The molecular weight excluding hydrogens is 425 g/mol.